The van der Waals surface area contributed by atoms with Crippen LogP contribution in [0.15, 0.2) is 24.3 Å². The second-order valence-corrected chi connectivity index (χ2v) is 6.59. The van der Waals surface area contributed by atoms with Crippen LogP contribution in [0.1, 0.15) is 28.3 Å². The van der Waals surface area contributed by atoms with Crippen LogP contribution in [0, 0.1) is 12.7 Å². The lowest BCUT2D eigenvalue weighted by Gasteiger charge is -2.15. The van der Waals surface area contributed by atoms with Gasteiger partial charge in [-0.15, -0.1) is 11.3 Å². The molecule has 0 radical (unpaired) electrons. The average Bonchev–Trinajstić information content (AvgIpc) is 2.77. The van der Waals surface area contributed by atoms with Crippen molar-refractivity contribution in [3.8, 4) is 0 Å². The van der Waals surface area contributed by atoms with Gasteiger partial charge in [-0.3, -0.25) is 0 Å². The fourth-order valence-electron chi connectivity index (χ4n) is 1.81. The quantitative estimate of drug-likeness (QED) is 0.749. The van der Waals surface area contributed by atoms with Gasteiger partial charge in [0.25, 0.3) is 0 Å². The number of hydrogen-bond acceptors (Lipinski definition) is 2. The van der Waals surface area contributed by atoms with Gasteiger partial charge in [-0.2, -0.15) is 0 Å². The summed E-state index contributed by atoms with van der Waals surface area (Å²) < 4.78 is 13.5. The van der Waals surface area contributed by atoms with Gasteiger partial charge in [0, 0.05) is 27.4 Å². The lowest BCUT2D eigenvalue weighted by atomic mass is 10.1. The average molecular weight is 318 g/mol. The molecule has 1 aromatic carbocycles. The zero-order valence-electron chi connectivity index (χ0n) is 10.6. The largest absolute Gasteiger partial charge is 0.305 e. The molecule has 0 bridgehead atoms. The predicted octanol–water partition coefficient (Wildman–Crippen LogP) is 5.35. The van der Waals surface area contributed by atoms with E-state index in [0.29, 0.717) is 5.02 Å². The maximum absolute atomic E-state index is 13.5. The molecule has 19 heavy (non-hydrogen) atoms. The van der Waals surface area contributed by atoms with Crippen LogP contribution >= 0.6 is 34.5 Å². The summed E-state index contributed by atoms with van der Waals surface area (Å²) in [6.45, 7) is 4.76. The molecule has 0 spiro atoms. The number of hydrogen-bond donors (Lipinski definition) is 1. The number of halogens is 3. The van der Waals surface area contributed by atoms with Gasteiger partial charge in [0.2, 0.25) is 0 Å². The SMILES string of the molecule is Cc1ccc(CNC(C)c2cc(F)c(Cl)cc2Cl)s1. The zero-order valence-corrected chi connectivity index (χ0v) is 13.0. The molecule has 1 heterocycles. The molecular formula is C14H14Cl2FNS. The van der Waals surface area contributed by atoms with Crippen LogP contribution in [0.2, 0.25) is 10.0 Å². The number of aryl methyl sites for hydroxylation is 1. The molecule has 1 N–H and O–H groups in total. The fourth-order valence-corrected chi connectivity index (χ4v) is 3.20. The first-order chi connectivity index (χ1) is 8.97. The van der Waals surface area contributed by atoms with Crippen molar-refractivity contribution in [2.45, 2.75) is 26.4 Å². The molecule has 2 rings (SSSR count). The van der Waals surface area contributed by atoms with Crippen molar-refractivity contribution >= 4 is 34.5 Å². The Bertz CT molecular complexity index is 583. The van der Waals surface area contributed by atoms with Crippen LogP contribution in [-0.2, 0) is 6.54 Å². The van der Waals surface area contributed by atoms with Gasteiger partial charge in [0.05, 0.1) is 5.02 Å². The number of nitrogens with one attached hydrogen (secondary N) is 1. The molecule has 0 fully saturated rings. The molecule has 5 heteroatoms. The molecule has 0 amide bonds. The van der Waals surface area contributed by atoms with Crippen LogP contribution in [0.5, 0.6) is 0 Å². The Labute approximate surface area is 126 Å². The highest BCUT2D eigenvalue weighted by molar-refractivity contribution is 7.11. The van der Waals surface area contributed by atoms with Crippen molar-refractivity contribution in [2.24, 2.45) is 0 Å². The summed E-state index contributed by atoms with van der Waals surface area (Å²) >= 11 is 13.5. The van der Waals surface area contributed by atoms with Gasteiger partial charge in [0.15, 0.2) is 0 Å². The molecule has 1 aromatic heterocycles. The minimum absolute atomic E-state index is 0.0401. The minimum atomic E-state index is -0.443. The van der Waals surface area contributed by atoms with E-state index >= 15 is 0 Å². The number of thiophene rings is 1. The molecule has 1 nitrogen and oxygen atoms in total. The first-order valence-corrected chi connectivity index (χ1v) is 7.47. The molecular weight excluding hydrogens is 304 g/mol. The summed E-state index contributed by atoms with van der Waals surface area (Å²) in [5.74, 6) is -0.443. The maximum Gasteiger partial charge on any atom is 0.142 e. The Morgan fingerprint density at radius 3 is 2.63 bits per heavy atom. The molecule has 102 valence electrons. The van der Waals surface area contributed by atoms with Gasteiger partial charge in [-0.25, -0.2) is 4.39 Å². The zero-order chi connectivity index (χ0) is 14.0. The van der Waals surface area contributed by atoms with E-state index in [1.807, 2.05) is 6.92 Å². The lowest BCUT2D eigenvalue weighted by molar-refractivity contribution is 0.568. The van der Waals surface area contributed by atoms with E-state index in [2.05, 4.69) is 24.4 Å². The smallest absolute Gasteiger partial charge is 0.142 e. The Morgan fingerprint density at radius 1 is 1.26 bits per heavy atom. The van der Waals surface area contributed by atoms with Crippen LogP contribution in [0.25, 0.3) is 0 Å². The summed E-state index contributed by atoms with van der Waals surface area (Å²) in [7, 11) is 0. The normalized spacial score (nSPS) is 12.7. The van der Waals surface area contributed by atoms with E-state index in [-0.39, 0.29) is 11.1 Å². The topological polar surface area (TPSA) is 12.0 Å². The van der Waals surface area contributed by atoms with E-state index in [1.54, 1.807) is 11.3 Å². The van der Waals surface area contributed by atoms with Crippen molar-refractivity contribution in [1.29, 1.82) is 0 Å². The van der Waals surface area contributed by atoms with Crippen LogP contribution in [0.3, 0.4) is 0 Å². The molecule has 0 aliphatic heterocycles. The maximum atomic E-state index is 13.5. The van der Waals surface area contributed by atoms with E-state index < -0.39 is 5.82 Å². The first kappa shape index (κ1) is 14.8. The van der Waals surface area contributed by atoms with Crippen molar-refractivity contribution in [2.75, 3.05) is 0 Å². The van der Waals surface area contributed by atoms with Gasteiger partial charge in [-0.1, -0.05) is 23.2 Å². The Balaban J connectivity index is 2.07. The second-order valence-electron chi connectivity index (χ2n) is 4.40. The highest BCUT2D eigenvalue weighted by Gasteiger charge is 2.13. The minimum Gasteiger partial charge on any atom is -0.305 e. The molecule has 1 atom stereocenters. The van der Waals surface area contributed by atoms with Crippen LogP contribution in [-0.4, -0.2) is 0 Å². The molecule has 2 aromatic rings. The number of benzene rings is 1. The third-order valence-corrected chi connectivity index (χ3v) is 4.50. The summed E-state index contributed by atoms with van der Waals surface area (Å²) in [4.78, 5) is 2.52. The van der Waals surface area contributed by atoms with E-state index in [9.17, 15) is 4.39 Å². The van der Waals surface area contributed by atoms with Gasteiger partial charge < -0.3 is 5.32 Å². The summed E-state index contributed by atoms with van der Waals surface area (Å²) in [6.07, 6.45) is 0. The monoisotopic (exact) mass is 317 g/mol. The summed E-state index contributed by atoms with van der Waals surface area (Å²) in [6, 6.07) is 6.97. The molecule has 0 aliphatic rings. The molecule has 0 saturated heterocycles. The van der Waals surface area contributed by atoms with Crippen LogP contribution < -0.4 is 5.32 Å². The van der Waals surface area contributed by atoms with Gasteiger partial charge in [0.1, 0.15) is 5.82 Å². The predicted molar refractivity (Wildman–Crippen MR) is 80.7 cm³/mol. The van der Waals surface area contributed by atoms with Crippen molar-refractivity contribution < 1.29 is 4.39 Å². The first-order valence-electron chi connectivity index (χ1n) is 5.90. The fraction of sp³-hybridized carbons (Fsp3) is 0.286. The van der Waals surface area contributed by atoms with Crippen molar-refractivity contribution in [3.63, 3.8) is 0 Å². The van der Waals surface area contributed by atoms with E-state index in [1.165, 1.54) is 21.9 Å². The van der Waals surface area contributed by atoms with Gasteiger partial charge in [-0.05, 0) is 43.7 Å². The third kappa shape index (κ3) is 3.69. The Hall–Kier alpha value is -0.610. The second kappa shape index (κ2) is 6.23. The van der Waals surface area contributed by atoms with Crippen molar-refractivity contribution in [3.05, 3.63) is 55.4 Å². The molecule has 0 saturated carbocycles. The molecule has 1 unspecified atom stereocenters. The van der Waals surface area contributed by atoms with E-state index in [0.717, 1.165) is 12.1 Å². The van der Waals surface area contributed by atoms with Gasteiger partial charge >= 0.3 is 0 Å². The highest BCUT2D eigenvalue weighted by Crippen LogP contribution is 2.29. The summed E-state index contributed by atoms with van der Waals surface area (Å²) in [5, 5.41) is 3.86. The third-order valence-electron chi connectivity index (χ3n) is 2.88. The Kier molecular flexibility index (Phi) is 4.85. The van der Waals surface area contributed by atoms with Crippen molar-refractivity contribution in [1.82, 2.24) is 5.32 Å². The highest BCUT2D eigenvalue weighted by atomic mass is 35.5. The standard InChI is InChI=1S/C14H14Cl2FNS/c1-8-3-4-10(19-8)7-18-9(2)11-5-14(17)13(16)6-12(11)15/h3-6,9,18H,7H2,1-2H3. The lowest BCUT2D eigenvalue weighted by Crippen LogP contribution is -2.18. The van der Waals surface area contributed by atoms with E-state index in [4.69, 9.17) is 23.2 Å². The Morgan fingerprint density at radius 2 is 2.00 bits per heavy atom. The van der Waals surface area contributed by atoms with Crippen LogP contribution in [0.4, 0.5) is 4.39 Å². The molecule has 0 aliphatic carbocycles. The number of rotatable bonds is 4. The summed E-state index contributed by atoms with van der Waals surface area (Å²) in [5.41, 5.74) is 0.719.